The van der Waals surface area contributed by atoms with Crippen LogP contribution >= 0.6 is 11.3 Å². The molecule has 0 N–H and O–H groups in total. The van der Waals surface area contributed by atoms with Gasteiger partial charge in [0.15, 0.2) is 0 Å². The summed E-state index contributed by atoms with van der Waals surface area (Å²) < 4.78 is 5.54. The third-order valence-electron chi connectivity index (χ3n) is 6.09. The second-order valence-electron chi connectivity index (χ2n) is 8.04. The zero-order valence-electron chi connectivity index (χ0n) is 14.8. The highest BCUT2D eigenvalue weighted by Crippen LogP contribution is 2.45. The van der Waals surface area contributed by atoms with Crippen LogP contribution in [0.15, 0.2) is 12.1 Å². The summed E-state index contributed by atoms with van der Waals surface area (Å²) in [6, 6.07) is 4.03. The SMILES string of the molecule is COC[C@H]1CN(CC2CC2)C[C@@]12CCN(C(=O)c1ccc(C)s1)C2. The van der Waals surface area contributed by atoms with E-state index in [1.807, 2.05) is 19.2 Å². The fourth-order valence-corrected chi connectivity index (χ4v) is 5.45. The standard InChI is InChI=1S/C19H28N2O2S/c1-14-3-6-17(24-14)18(22)21-8-7-19(13-21)12-20(9-15-4-5-15)10-16(19)11-23-2/h3,6,15-16H,4-5,7-13H2,1-2H3/t16-,19-/m1/s1. The highest BCUT2D eigenvalue weighted by atomic mass is 32.1. The van der Waals surface area contributed by atoms with Gasteiger partial charge in [-0.2, -0.15) is 0 Å². The summed E-state index contributed by atoms with van der Waals surface area (Å²) in [6.07, 6.45) is 3.93. The van der Waals surface area contributed by atoms with Crippen LogP contribution in [0.1, 0.15) is 33.8 Å². The highest BCUT2D eigenvalue weighted by Gasteiger charge is 2.51. The van der Waals surface area contributed by atoms with Gasteiger partial charge in [-0.05, 0) is 44.2 Å². The number of hydrogen-bond acceptors (Lipinski definition) is 4. The van der Waals surface area contributed by atoms with Gasteiger partial charge in [-0.1, -0.05) is 0 Å². The fourth-order valence-electron chi connectivity index (χ4n) is 4.62. The van der Waals surface area contributed by atoms with E-state index in [1.165, 1.54) is 24.3 Å². The molecule has 0 unspecified atom stereocenters. The predicted octanol–water partition coefficient (Wildman–Crippen LogP) is 2.88. The Kier molecular flexibility index (Phi) is 4.43. The van der Waals surface area contributed by atoms with Crippen LogP contribution in [0.4, 0.5) is 0 Å². The van der Waals surface area contributed by atoms with Crippen LogP contribution in [-0.2, 0) is 4.74 Å². The van der Waals surface area contributed by atoms with Crippen LogP contribution < -0.4 is 0 Å². The van der Waals surface area contributed by atoms with Crippen molar-refractivity contribution >= 4 is 17.2 Å². The Labute approximate surface area is 148 Å². The van der Waals surface area contributed by atoms with Crippen LogP contribution in [0.2, 0.25) is 0 Å². The third-order valence-corrected chi connectivity index (χ3v) is 7.08. The van der Waals surface area contributed by atoms with E-state index in [9.17, 15) is 4.79 Å². The summed E-state index contributed by atoms with van der Waals surface area (Å²) in [4.78, 5) is 19.7. The number of rotatable bonds is 5. The maximum Gasteiger partial charge on any atom is 0.263 e. The number of carbonyl (C=O) groups excluding carboxylic acids is 1. The number of likely N-dealkylation sites (tertiary alicyclic amines) is 2. The third kappa shape index (κ3) is 3.14. The Morgan fingerprint density at radius 3 is 2.88 bits per heavy atom. The van der Waals surface area contributed by atoms with E-state index < -0.39 is 0 Å². The highest BCUT2D eigenvalue weighted by molar-refractivity contribution is 7.13. The molecule has 3 aliphatic rings. The van der Waals surface area contributed by atoms with Crippen LogP contribution in [0, 0.1) is 24.2 Å². The number of thiophene rings is 1. The summed E-state index contributed by atoms with van der Waals surface area (Å²) in [5.41, 5.74) is 0.243. The lowest BCUT2D eigenvalue weighted by Gasteiger charge is -2.30. The van der Waals surface area contributed by atoms with Crippen molar-refractivity contribution in [2.24, 2.45) is 17.3 Å². The molecule has 1 aliphatic carbocycles. The molecule has 3 heterocycles. The smallest absolute Gasteiger partial charge is 0.263 e. The van der Waals surface area contributed by atoms with Crippen LogP contribution in [-0.4, -0.2) is 62.1 Å². The molecule has 0 radical (unpaired) electrons. The van der Waals surface area contributed by atoms with Crippen molar-refractivity contribution in [2.75, 3.05) is 46.4 Å². The molecule has 0 bridgehead atoms. The molecule has 2 aliphatic heterocycles. The number of methoxy groups -OCH3 is 1. The lowest BCUT2D eigenvalue weighted by molar-refractivity contribution is 0.0720. The molecule has 4 rings (SSSR count). The van der Waals surface area contributed by atoms with Gasteiger partial charge < -0.3 is 14.5 Å². The van der Waals surface area contributed by atoms with Gasteiger partial charge in [-0.3, -0.25) is 4.79 Å². The summed E-state index contributed by atoms with van der Waals surface area (Å²) in [6.45, 7) is 8.22. The van der Waals surface area contributed by atoms with Crippen LogP contribution in [0.25, 0.3) is 0 Å². The van der Waals surface area contributed by atoms with E-state index in [1.54, 1.807) is 11.3 Å². The van der Waals surface area contributed by atoms with Gasteiger partial charge in [0.1, 0.15) is 0 Å². The molecule has 2 atom stereocenters. The molecule has 5 heteroatoms. The van der Waals surface area contributed by atoms with Crippen molar-refractivity contribution in [3.8, 4) is 0 Å². The zero-order chi connectivity index (χ0) is 16.7. The summed E-state index contributed by atoms with van der Waals surface area (Å²) in [5, 5.41) is 0. The van der Waals surface area contributed by atoms with Gasteiger partial charge in [0.05, 0.1) is 11.5 Å². The van der Waals surface area contributed by atoms with Crippen molar-refractivity contribution in [1.29, 1.82) is 0 Å². The first kappa shape index (κ1) is 16.6. The monoisotopic (exact) mass is 348 g/mol. The van der Waals surface area contributed by atoms with Crippen LogP contribution in [0.5, 0.6) is 0 Å². The van der Waals surface area contributed by atoms with Gasteiger partial charge in [0.2, 0.25) is 0 Å². The van der Waals surface area contributed by atoms with Crippen molar-refractivity contribution in [2.45, 2.75) is 26.2 Å². The molecule has 1 aromatic heterocycles. The number of amides is 1. The second-order valence-corrected chi connectivity index (χ2v) is 9.33. The minimum atomic E-state index is 0.224. The zero-order valence-corrected chi connectivity index (χ0v) is 15.6. The lowest BCUT2D eigenvalue weighted by atomic mass is 9.77. The van der Waals surface area contributed by atoms with E-state index in [4.69, 9.17) is 4.74 Å². The fraction of sp³-hybridized carbons (Fsp3) is 0.737. The lowest BCUT2D eigenvalue weighted by Crippen LogP contribution is -2.38. The van der Waals surface area contributed by atoms with Gasteiger partial charge in [-0.15, -0.1) is 11.3 Å². The first-order chi connectivity index (χ1) is 11.6. The molecule has 1 spiro atoms. The molecule has 3 fully saturated rings. The van der Waals surface area contributed by atoms with E-state index in [0.29, 0.717) is 5.92 Å². The quantitative estimate of drug-likeness (QED) is 0.820. The molecule has 132 valence electrons. The van der Waals surface area contributed by atoms with Gasteiger partial charge in [0.25, 0.3) is 5.91 Å². The molecule has 24 heavy (non-hydrogen) atoms. The summed E-state index contributed by atoms with van der Waals surface area (Å²) in [7, 11) is 1.81. The average molecular weight is 349 g/mol. The molecule has 1 saturated carbocycles. The molecular formula is C19H28N2O2S. The van der Waals surface area contributed by atoms with Crippen molar-refractivity contribution in [1.82, 2.24) is 9.80 Å². The maximum absolute atomic E-state index is 12.8. The first-order valence-electron chi connectivity index (χ1n) is 9.17. The second kappa shape index (κ2) is 6.43. The van der Waals surface area contributed by atoms with Gasteiger partial charge >= 0.3 is 0 Å². The molecule has 4 nitrogen and oxygen atoms in total. The first-order valence-corrected chi connectivity index (χ1v) is 9.98. The number of ether oxygens (including phenoxy) is 1. The Bertz CT molecular complexity index is 612. The molecule has 1 amide bonds. The number of aryl methyl sites for hydroxylation is 1. The average Bonchev–Trinajstić information content (AvgIpc) is 2.96. The number of carbonyl (C=O) groups is 1. The summed E-state index contributed by atoms with van der Waals surface area (Å²) in [5.74, 6) is 1.71. The topological polar surface area (TPSA) is 32.8 Å². The van der Waals surface area contributed by atoms with E-state index in [2.05, 4.69) is 16.7 Å². The number of hydrogen-bond donors (Lipinski definition) is 0. The Hall–Kier alpha value is -0.910. The molecule has 2 saturated heterocycles. The van der Waals surface area contributed by atoms with Gasteiger partial charge in [-0.25, -0.2) is 0 Å². The molecular weight excluding hydrogens is 320 g/mol. The predicted molar refractivity (Wildman–Crippen MR) is 96.5 cm³/mol. The summed E-state index contributed by atoms with van der Waals surface area (Å²) >= 11 is 1.62. The Morgan fingerprint density at radius 2 is 2.21 bits per heavy atom. The maximum atomic E-state index is 12.8. The van der Waals surface area contributed by atoms with E-state index >= 15 is 0 Å². The largest absolute Gasteiger partial charge is 0.384 e. The van der Waals surface area contributed by atoms with Crippen molar-refractivity contribution in [3.05, 3.63) is 21.9 Å². The Balaban J connectivity index is 1.46. The normalized spacial score (nSPS) is 30.6. The van der Waals surface area contributed by atoms with Crippen molar-refractivity contribution in [3.63, 3.8) is 0 Å². The van der Waals surface area contributed by atoms with Gasteiger partial charge in [0, 0.05) is 56.0 Å². The minimum Gasteiger partial charge on any atom is -0.384 e. The Morgan fingerprint density at radius 1 is 1.38 bits per heavy atom. The van der Waals surface area contributed by atoms with E-state index in [0.717, 1.165) is 50.0 Å². The molecule has 0 aromatic carbocycles. The van der Waals surface area contributed by atoms with Crippen LogP contribution in [0.3, 0.4) is 0 Å². The number of nitrogens with zero attached hydrogens (tertiary/aromatic N) is 2. The van der Waals surface area contributed by atoms with Crippen molar-refractivity contribution < 1.29 is 9.53 Å². The molecule has 1 aromatic rings. The van der Waals surface area contributed by atoms with E-state index in [-0.39, 0.29) is 11.3 Å². The minimum absolute atomic E-state index is 0.224.